The molecule has 0 radical (unpaired) electrons. The Balaban J connectivity index is 0.000000406. The Bertz CT molecular complexity index is 1320. The second kappa shape index (κ2) is 9.79. The molecular weight excluding hydrogens is 479 g/mol. The minimum absolute atomic E-state index is 0.0212. The van der Waals surface area contributed by atoms with Crippen molar-refractivity contribution in [3.05, 3.63) is 42.5 Å². The topological polar surface area (TPSA) is 167 Å². The molecule has 1 aromatic heterocycles. The molecule has 1 atom stereocenters. The highest BCUT2D eigenvalue weighted by atomic mass is 32.2. The number of nitrogens with two attached hydrogens (primary N) is 1. The van der Waals surface area contributed by atoms with E-state index in [1.54, 1.807) is 18.2 Å². The smallest absolute Gasteiger partial charge is 0.475 e. The molecule has 0 aliphatic carbocycles. The number of hydrogen-bond acceptors (Lipinski definition) is 6. The van der Waals surface area contributed by atoms with Crippen molar-refractivity contribution in [3.8, 4) is 11.3 Å². The van der Waals surface area contributed by atoms with Gasteiger partial charge in [-0.2, -0.15) is 18.3 Å². The number of aromatic amines is 1. The number of H-pyrrole nitrogens is 1. The quantitative estimate of drug-likeness (QED) is 0.367. The van der Waals surface area contributed by atoms with Crippen LogP contribution in [0.4, 0.5) is 18.9 Å². The zero-order valence-electron chi connectivity index (χ0n) is 17.4. The van der Waals surface area contributed by atoms with Crippen LogP contribution < -0.4 is 15.8 Å². The largest absolute Gasteiger partial charge is 0.490 e. The number of halogens is 3. The summed E-state index contributed by atoms with van der Waals surface area (Å²) in [6.07, 6.45) is -3.27. The lowest BCUT2D eigenvalue weighted by molar-refractivity contribution is -0.192. The first-order chi connectivity index (χ1) is 15.9. The van der Waals surface area contributed by atoms with Crippen molar-refractivity contribution in [1.29, 1.82) is 0 Å². The van der Waals surface area contributed by atoms with Gasteiger partial charge in [-0.1, -0.05) is 12.1 Å². The minimum Gasteiger partial charge on any atom is -0.475 e. The van der Waals surface area contributed by atoms with Crippen molar-refractivity contribution in [3.63, 3.8) is 0 Å². The van der Waals surface area contributed by atoms with Crippen LogP contribution in [0.15, 0.2) is 47.4 Å². The summed E-state index contributed by atoms with van der Waals surface area (Å²) < 4.78 is 55.0. The number of anilines is 1. The number of rotatable bonds is 4. The van der Waals surface area contributed by atoms with Gasteiger partial charge in [0.25, 0.3) is 0 Å². The molecule has 4 rings (SSSR count). The zero-order chi connectivity index (χ0) is 25.1. The van der Waals surface area contributed by atoms with Crippen LogP contribution in [0.25, 0.3) is 22.2 Å². The van der Waals surface area contributed by atoms with Crippen LogP contribution in [0.3, 0.4) is 0 Å². The molecule has 0 unspecified atom stereocenters. The molecule has 1 saturated heterocycles. The van der Waals surface area contributed by atoms with Crippen molar-refractivity contribution in [2.75, 3.05) is 11.9 Å². The van der Waals surface area contributed by atoms with Crippen LogP contribution in [0, 0.1) is 0 Å². The van der Waals surface area contributed by atoms with Crippen molar-refractivity contribution in [2.45, 2.75) is 30.0 Å². The van der Waals surface area contributed by atoms with Crippen LogP contribution in [-0.4, -0.2) is 54.4 Å². The first-order valence-electron chi connectivity index (χ1n) is 9.82. The highest BCUT2D eigenvalue weighted by Crippen LogP contribution is 2.29. The number of nitrogens with zero attached hydrogens (tertiary/aromatic N) is 1. The van der Waals surface area contributed by atoms with Gasteiger partial charge in [0, 0.05) is 16.6 Å². The second-order valence-corrected chi connectivity index (χ2v) is 8.91. The molecule has 1 amide bonds. The summed E-state index contributed by atoms with van der Waals surface area (Å²) in [4.78, 5) is 21.2. The summed E-state index contributed by atoms with van der Waals surface area (Å²) in [5.74, 6) is -2.82. The number of amides is 1. The van der Waals surface area contributed by atoms with Gasteiger partial charge < -0.3 is 15.7 Å². The first-order valence-corrected chi connectivity index (χ1v) is 11.4. The molecule has 0 saturated carbocycles. The van der Waals surface area contributed by atoms with Gasteiger partial charge in [-0.15, -0.1) is 0 Å². The minimum atomic E-state index is -5.08. The van der Waals surface area contributed by atoms with Gasteiger partial charge in [-0.3, -0.25) is 9.89 Å². The van der Waals surface area contributed by atoms with E-state index in [1.165, 1.54) is 12.1 Å². The fraction of sp³-hybridized carbons (Fsp3) is 0.250. The van der Waals surface area contributed by atoms with Gasteiger partial charge in [0.2, 0.25) is 15.9 Å². The second-order valence-electron chi connectivity index (χ2n) is 7.35. The third-order valence-electron chi connectivity index (χ3n) is 4.89. The van der Waals surface area contributed by atoms with Crippen LogP contribution >= 0.6 is 0 Å². The average molecular weight is 499 g/mol. The number of carboxylic acid groups (broad SMARTS) is 1. The summed E-state index contributed by atoms with van der Waals surface area (Å²) in [5, 5.41) is 26.4. The number of carbonyl (C=O) groups is 2. The standard InChI is InChI=1S/C18H19N5O3S.C2HF3O2/c19-27(25,26)13-4-1-3-11(9-13)17-14-10-12(6-7-15(14)22-23-17)21-18(24)16-5-2-8-20-16;3-2(4,5)1(6)7/h1,3-4,6-7,9-10,16,20H,2,5,8H2,(H,21,24)(H,22,23)(H2,19,25,26);(H,6,7)/t16-;/m0./s1. The maximum Gasteiger partial charge on any atom is 0.490 e. The third-order valence-corrected chi connectivity index (χ3v) is 5.80. The van der Waals surface area contributed by atoms with E-state index in [9.17, 15) is 26.4 Å². The normalized spacial score (nSPS) is 16.1. The van der Waals surface area contributed by atoms with Gasteiger partial charge in [0.1, 0.15) is 5.69 Å². The number of alkyl halides is 3. The molecule has 1 aliphatic heterocycles. The highest BCUT2D eigenvalue weighted by Gasteiger charge is 2.38. The Kier molecular flexibility index (Phi) is 7.24. The van der Waals surface area contributed by atoms with E-state index < -0.39 is 22.2 Å². The predicted octanol–water partition coefficient (Wildman–Crippen LogP) is 2.20. The first kappa shape index (κ1) is 25.1. The van der Waals surface area contributed by atoms with Gasteiger partial charge in [0.15, 0.2) is 0 Å². The van der Waals surface area contributed by atoms with E-state index in [0.717, 1.165) is 30.3 Å². The molecule has 0 bridgehead atoms. The number of aliphatic carboxylic acids is 1. The highest BCUT2D eigenvalue weighted by molar-refractivity contribution is 7.89. The monoisotopic (exact) mass is 499 g/mol. The molecule has 2 heterocycles. The van der Waals surface area contributed by atoms with Gasteiger partial charge in [-0.25, -0.2) is 18.4 Å². The Morgan fingerprint density at radius 3 is 2.47 bits per heavy atom. The zero-order valence-corrected chi connectivity index (χ0v) is 18.2. The number of nitrogens with one attached hydrogen (secondary N) is 3. The molecule has 2 aromatic carbocycles. The third kappa shape index (κ3) is 6.09. The predicted molar refractivity (Wildman–Crippen MR) is 116 cm³/mol. The number of benzene rings is 2. The average Bonchev–Trinajstić information content (AvgIpc) is 3.43. The summed E-state index contributed by atoms with van der Waals surface area (Å²) in [6.45, 7) is 0.851. The van der Waals surface area contributed by atoms with Gasteiger partial charge in [0.05, 0.1) is 16.5 Å². The summed E-state index contributed by atoms with van der Waals surface area (Å²) in [6, 6.07) is 11.6. The maximum atomic E-state index is 12.3. The summed E-state index contributed by atoms with van der Waals surface area (Å²) in [7, 11) is -3.81. The van der Waals surface area contributed by atoms with Crippen molar-refractivity contribution >= 4 is 38.5 Å². The molecule has 0 spiro atoms. The summed E-state index contributed by atoms with van der Waals surface area (Å²) >= 11 is 0. The molecule has 10 nitrogen and oxygen atoms in total. The van der Waals surface area contributed by atoms with Crippen LogP contribution in [0.1, 0.15) is 12.8 Å². The van der Waals surface area contributed by atoms with E-state index in [2.05, 4.69) is 20.8 Å². The van der Waals surface area contributed by atoms with Crippen molar-refractivity contribution in [1.82, 2.24) is 15.5 Å². The SMILES string of the molecule is NS(=O)(=O)c1cccc(-c2n[nH]c3ccc(NC(=O)[C@@H]4CCCN4)cc23)c1.O=C(O)C(F)(F)F. The molecule has 6 N–H and O–H groups in total. The van der Waals surface area contributed by atoms with Crippen molar-refractivity contribution in [2.24, 2.45) is 5.14 Å². The fourth-order valence-electron chi connectivity index (χ4n) is 3.27. The fourth-order valence-corrected chi connectivity index (χ4v) is 3.83. The van der Waals surface area contributed by atoms with Crippen molar-refractivity contribution < 1.29 is 36.3 Å². The van der Waals surface area contributed by atoms with E-state index >= 15 is 0 Å². The Morgan fingerprint density at radius 2 is 1.88 bits per heavy atom. The van der Waals surface area contributed by atoms with Gasteiger partial charge >= 0.3 is 12.1 Å². The van der Waals surface area contributed by atoms with E-state index in [0.29, 0.717) is 16.9 Å². The number of sulfonamides is 1. The van der Waals surface area contributed by atoms with E-state index in [-0.39, 0.29) is 16.8 Å². The Labute approximate surface area is 191 Å². The number of primary sulfonamides is 1. The molecule has 3 aromatic rings. The lowest BCUT2D eigenvalue weighted by Gasteiger charge is -2.11. The Hall–Kier alpha value is -3.49. The number of aromatic nitrogens is 2. The molecule has 14 heteroatoms. The van der Waals surface area contributed by atoms with Gasteiger partial charge in [-0.05, 0) is 49.7 Å². The molecule has 1 aliphatic rings. The number of carbonyl (C=O) groups excluding carboxylic acids is 1. The van der Waals surface area contributed by atoms with Crippen LogP contribution in [0.2, 0.25) is 0 Å². The Morgan fingerprint density at radius 1 is 1.18 bits per heavy atom. The summed E-state index contributed by atoms with van der Waals surface area (Å²) in [5.41, 5.74) is 2.65. The molecular formula is C20H20F3N5O5S. The molecule has 34 heavy (non-hydrogen) atoms. The van der Waals surface area contributed by atoms with Crippen LogP contribution in [-0.2, 0) is 19.6 Å². The maximum absolute atomic E-state index is 12.3. The van der Waals surface area contributed by atoms with E-state index in [1.807, 2.05) is 12.1 Å². The lowest BCUT2D eigenvalue weighted by atomic mass is 10.1. The number of fused-ring (bicyclic) bond motifs is 1. The van der Waals surface area contributed by atoms with E-state index in [4.69, 9.17) is 15.0 Å². The molecule has 182 valence electrons. The lowest BCUT2D eigenvalue weighted by Crippen LogP contribution is -2.35. The number of hydrogen-bond donors (Lipinski definition) is 5. The van der Waals surface area contributed by atoms with Crippen LogP contribution in [0.5, 0.6) is 0 Å². The molecule has 1 fully saturated rings. The number of carboxylic acids is 1.